The lowest BCUT2D eigenvalue weighted by Crippen LogP contribution is -2.31. The molecule has 19 heavy (non-hydrogen) atoms. The number of ether oxygens (including phenoxy) is 1. The lowest BCUT2D eigenvalue weighted by molar-refractivity contribution is -0.136. The van der Waals surface area contributed by atoms with Gasteiger partial charge < -0.3 is 4.74 Å². The summed E-state index contributed by atoms with van der Waals surface area (Å²) in [6.45, 7) is 2.29. The Kier molecular flexibility index (Phi) is 3.90. The summed E-state index contributed by atoms with van der Waals surface area (Å²) in [5.74, 6) is -0.0657. The van der Waals surface area contributed by atoms with Crippen LogP contribution in [-0.4, -0.2) is 30.4 Å². The van der Waals surface area contributed by atoms with E-state index in [0.29, 0.717) is 24.3 Å². The smallest absolute Gasteiger partial charge is 0.273 e. The lowest BCUT2D eigenvalue weighted by Gasteiger charge is -2.13. The molecule has 1 heterocycles. The van der Waals surface area contributed by atoms with E-state index >= 15 is 0 Å². The second-order valence-electron chi connectivity index (χ2n) is 4.18. The van der Waals surface area contributed by atoms with Crippen molar-refractivity contribution in [2.75, 3.05) is 13.7 Å². The Morgan fingerprint density at radius 1 is 1.16 bits per heavy atom. The number of hydrogen-bond donors (Lipinski definition) is 0. The van der Waals surface area contributed by atoms with E-state index in [1.807, 2.05) is 6.92 Å². The number of imide groups is 1. The highest BCUT2D eigenvalue weighted by atomic mass is 35.5. The van der Waals surface area contributed by atoms with Crippen molar-refractivity contribution in [3.05, 3.63) is 34.9 Å². The molecule has 0 radical (unpaired) electrons. The van der Waals surface area contributed by atoms with E-state index < -0.39 is 5.91 Å². The molecule has 1 aliphatic heterocycles. The molecule has 0 unspecified atom stereocenters. The van der Waals surface area contributed by atoms with Crippen molar-refractivity contribution in [3.63, 3.8) is 0 Å². The first-order valence-electron chi connectivity index (χ1n) is 6.00. The Morgan fingerprint density at radius 3 is 2.32 bits per heavy atom. The van der Waals surface area contributed by atoms with Crippen molar-refractivity contribution < 1.29 is 14.3 Å². The van der Waals surface area contributed by atoms with Crippen molar-refractivity contribution in [1.82, 2.24) is 4.90 Å². The lowest BCUT2D eigenvalue weighted by atomic mass is 10.1. The third kappa shape index (κ3) is 2.36. The van der Waals surface area contributed by atoms with Crippen LogP contribution in [0.1, 0.15) is 18.9 Å². The minimum Gasteiger partial charge on any atom is -0.497 e. The van der Waals surface area contributed by atoms with Crippen LogP contribution in [-0.2, 0) is 9.59 Å². The molecule has 4 nitrogen and oxygen atoms in total. The Bertz CT molecular complexity index is 548. The van der Waals surface area contributed by atoms with Gasteiger partial charge in [0.2, 0.25) is 0 Å². The maximum absolute atomic E-state index is 12.2. The van der Waals surface area contributed by atoms with Gasteiger partial charge in [0, 0.05) is 6.54 Å². The predicted molar refractivity (Wildman–Crippen MR) is 72.8 cm³/mol. The van der Waals surface area contributed by atoms with Gasteiger partial charge in [0.1, 0.15) is 10.8 Å². The molecule has 0 fully saturated rings. The van der Waals surface area contributed by atoms with Gasteiger partial charge >= 0.3 is 0 Å². The van der Waals surface area contributed by atoms with Crippen LogP contribution in [0.2, 0.25) is 0 Å². The van der Waals surface area contributed by atoms with Crippen LogP contribution >= 0.6 is 11.6 Å². The number of carbonyl (C=O) groups excluding carboxylic acids is 2. The molecule has 1 aromatic carbocycles. The Morgan fingerprint density at radius 2 is 1.79 bits per heavy atom. The standard InChI is InChI=1S/C14H14ClNO3/c1-3-8-16-13(17)11(12(15)14(16)18)9-4-6-10(19-2)7-5-9/h4-7H,3,8H2,1-2H3. The van der Waals surface area contributed by atoms with E-state index in [1.54, 1.807) is 31.4 Å². The summed E-state index contributed by atoms with van der Waals surface area (Å²) < 4.78 is 5.05. The molecule has 0 aromatic heterocycles. The van der Waals surface area contributed by atoms with Crippen molar-refractivity contribution >= 4 is 29.0 Å². The molecular weight excluding hydrogens is 266 g/mol. The van der Waals surface area contributed by atoms with Gasteiger partial charge in [-0.25, -0.2) is 0 Å². The monoisotopic (exact) mass is 279 g/mol. The fourth-order valence-electron chi connectivity index (χ4n) is 1.98. The molecule has 0 saturated carbocycles. The van der Waals surface area contributed by atoms with Crippen LogP contribution < -0.4 is 4.74 Å². The third-order valence-electron chi connectivity index (χ3n) is 2.94. The number of carbonyl (C=O) groups is 2. The average Bonchev–Trinajstić information content (AvgIpc) is 2.64. The molecule has 2 amide bonds. The predicted octanol–water partition coefficient (Wildman–Crippen LogP) is 2.42. The van der Waals surface area contributed by atoms with E-state index in [1.165, 1.54) is 4.90 Å². The second kappa shape index (κ2) is 5.45. The molecule has 5 heteroatoms. The van der Waals surface area contributed by atoms with Crippen molar-refractivity contribution in [1.29, 1.82) is 0 Å². The number of rotatable bonds is 4. The Balaban J connectivity index is 2.37. The maximum Gasteiger partial charge on any atom is 0.273 e. The maximum atomic E-state index is 12.2. The van der Waals surface area contributed by atoms with E-state index in [2.05, 4.69) is 0 Å². The number of benzene rings is 1. The van der Waals surface area contributed by atoms with Crippen molar-refractivity contribution in [2.45, 2.75) is 13.3 Å². The molecule has 0 aliphatic carbocycles. The summed E-state index contributed by atoms with van der Waals surface area (Å²) in [6, 6.07) is 6.90. The van der Waals surface area contributed by atoms with E-state index in [4.69, 9.17) is 16.3 Å². The van der Waals surface area contributed by atoms with Gasteiger partial charge in [0.25, 0.3) is 11.8 Å². The molecule has 0 N–H and O–H groups in total. The highest BCUT2D eigenvalue weighted by Gasteiger charge is 2.37. The number of methoxy groups -OCH3 is 1. The Labute approximate surface area is 116 Å². The first kappa shape index (κ1) is 13.6. The summed E-state index contributed by atoms with van der Waals surface area (Å²) in [5, 5.41) is -0.0105. The summed E-state index contributed by atoms with van der Waals surface area (Å²) in [5.41, 5.74) is 0.894. The normalized spacial score (nSPS) is 15.4. The number of halogens is 1. The number of amides is 2. The van der Waals surface area contributed by atoms with Gasteiger partial charge in [0.15, 0.2) is 0 Å². The summed E-state index contributed by atoms with van der Waals surface area (Å²) >= 11 is 6.00. The van der Waals surface area contributed by atoms with E-state index in [0.717, 1.165) is 0 Å². The molecule has 0 bridgehead atoms. The zero-order valence-corrected chi connectivity index (χ0v) is 11.5. The number of hydrogen-bond acceptors (Lipinski definition) is 3. The van der Waals surface area contributed by atoms with Crippen LogP contribution in [0.4, 0.5) is 0 Å². The first-order valence-corrected chi connectivity index (χ1v) is 6.38. The van der Waals surface area contributed by atoms with E-state index in [-0.39, 0.29) is 16.5 Å². The fraction of sp³-hybridized carbons (Fsp3) is 0.286. The largest absolute Gasteiger partial charge is 0.497 e. The average molecular weight is 280 g/mol. The van der Waals surface area contributed by atoms with Gasteiger partial charge in [-0.2, -0.15) is 0 Å². The highest BCUT2D eigenvalue weighted by molar-refractivity contribution is 6.55. The van der Waals surface area contributed by atoms with Gasteiger partial charge in [-0.05, 0) is 24.1 Å². The quantitative estimate of drug-likeness (QED) is 0.795. The summed E-state index contributed by atoms with van der Waals surface area (Å²) in [4.78, 5) is 25.3. The first-order chi connectivity index (χ1) is 9.10. The van der Waals surface area contributed by atoms with Crippen LogP contribution in [0.25, 0.3) is 5.57 Å². The number of nitrogens with zero attached hydrogens (tertiary/aromatic N) is 1. The van der Waals surface area contributed by atoms with Gasteiger partial charge in [0.05, 0.1) is 12.7 Å². The van der Waals surface area contributed by atoms with Gasteiger partial charge in [-0.3, -0.25) is 14.5 Å². The van der Waals surface area contributed by atoms with Crippen molar-refractivity contribution in [2.24, 2.45) is 0 Å². The van der Waals surface area contributed by atoms with Crippen LogP contribution in [0, 0.1) is 0 Å². The molecule has 100 valence electrons. The zero-order valence-electron chi connectivity index (χ0n) is 10.8. The molecule has 1 aromatic rings. The molecule has 2 rings (SSSR count). The van der Waals surface area contributed by atoms with Crippen LogP contribution in [0.15, 0.2) is 29.3 Å². The van der Waals surface area contributed by atoms with Gasteiger partial charge in [-0.15, -0.1) is 0 Å². The molecule has 0 atom stereocenters. The highest BCUT2D eigenvalue weighted by Crippen LogP contribution is 2.32. The molecular formula is C14H14ClNO3. The van der Waals surface area contributed by atoms with Crippen molar-refractivity contribution in [3.8, 4) is 5.75 Å². The Hall–Kier alpha value is -1.81. The SMILES string of the molecule is CCCN1C(=O)C(Cl)=C(c2ccc(OC)cc2)C1=O. The minimum atomic E-state index is -0.417. The topological polar surface area (TPSA) is 46.6 Å². The van der Waals surface area contributed by atoms with Gasteiger partial charge in [-0.1, -0.05) is 30.7 Å². The van der Waals surface area contributed by atoms with Crippen LogP contribution in [0.3, 0.4) is 0 Å². The fourth-order valence-corrected chi connectivity index (χ4v) is 2.27. The second-order valence-corrected chi connectivity index (χ2v) is 4.56. The molecule has 0 saturated heterocycles. The molecule has 0 spiro atoms. The minimum absolute atomic E-state index is 0.0105. The third-order valence-corrected chi connectivity index (χ3v) is 3.29. The summed E-state index contributed by atoms with van der Waals surface area (Å²) in [7, 11) is 1.56. The van der Waals surface area contributed by atoms with Crippen LogP contribution in [0.5, 0.6) is 5.75 Å². The summed E-state index contributed by atoms with van der Waals surface area (Å²) in [6.07, 6.45) is 0.706. The molecule has 1 aliphatic rings. The zero-order chi connectivity index (χ0) is 14.0. The van der Waals surface area contributed by atoms with E-state index in [9.17, 15) is 9.59 Å².